The maximum absolute atomic E-state index is 11.1. The molecule has 0 aliphatic carbocycles. The number of rotatable bonds is 19. The number of aliphatic hydroxyl groups is 3. The fourth-order valence-electron chi connectivity index (χ4n) is 3.04. The second kappa shape index (κ2) is 24.4. The Kier molecular flexibility index (Phi) is 25.1. The highest BCUT2D eigenvalue weighted by atomic mass is 16.6. The van der Waals surface area contributed by atoms with Crippen molar-refractivity contribution in [3.8, 4) is 0 Å². The number of carbonyl (C=O) groups is 2. The van der Waals surface area contributed by atoms with Crippen LogP contribution in [0.5, 0.6) is 0 Å². The summed E-state index contributed by atoms with van der Waals surface area (Å²) in [6.07, 6.45) is 21.6. The van der Waals surface area contributed by atoms with Gasteiger partial charge in [-0.3, -0.25) is 9.59 Å². The van der Waals surface area contributed by atoms with Gasteiger partial charge in [0.25, 0.3) is 0 Å². The van der Waals surface area contributed by atoms with Crippen molar-refractivity contribution in [1.29, 1.82) is 0 Å². The first-order chi connectivity index (χ1) is 15.4. The molecule has 0 saturated carbocycles. The van der Waals surface area contributed by atoms with Crippen LogP contribution in [0.1, 0.15) is 117 Å². The Morgan fingerprint density at radius 3 is 1.53 bits per heavy atom. The molecule has 0 aromatic rings. The van der Waals surface area contributed by atoms with E-state index in [-0.39, 0.29) is 19.8 Å². The van der Waals surface area contributed by atoms with Crippen LogP contribution in [0.4, 0.5) is 0 Å². The van der Waals surface area contributed by atoms with E-state index in [1.807, 2.05) is 6.92 Å². The van der Waals surface area contributed by atoms with Crippen molar-refractivity contribution in [2.45, 2.75) is 117 Å². The Hall–Kier alpha value is -1.24. The fourth-order valence-corrected chi connectivity index (χ4v) is 3.04. The van der Waals surface area contributed by atoms with Crippen molar-refractivity contribution >= 4 is 11.9 Å². The zero-order valence-corrected chi connectivity index (χ0v) is 20.9. The third-order valence-corrected chi connectivity index (χ3v) is 5.66. The summed E-state index contributed by atoms with van der Waals surface area (Å²) < 4.78 is 4.48. The van der Waals surface area contributed by atoms with Gasteiger partial charge in [-0.25, -0.2) is 0 Å². The molecule has 0 radical (unpaired) electrons. The Bertz CT molecular complexity index is 440. The summed E-state index contributed by atoms with van der Waals surface area (Å²) in [4.78, 5) is 21.7. The van der Waals surface area contributed by atoms with Crippen LogP contribution in [-0.2, 0) is 14.3 Å². The highest BCUT2D eigenvalue weighted by molar-refractivity contribution is 5.83. The van der Waals surface area contributed by atoms with E-state index < -0.39 is 17.4 Å². The number of esters is 2. The molecule has 0 fully saturated rings. The molecule has 3 N–H and O–H groups in total. The van der Waals surface area contributed by atoms with Gasteiger partial charge >= 0.3 is 11.9 Å². The molecular weight excluding hydrogens is 408 g/mol. The van der Waals surface area contributed by atoms with E-state index in [1.54, 1.807) is 0 Å². The monoisotopic (exact) mass is 458 g/mol. The van der Waals surface area contributed by atoms with Gasteiger partial charge in [0.05, 0.1) is 19.8 Å². The van der Waals surface area contributed by atoms with Crippen LogP contribution in [0.3, 0.4) is 0 Å². The largest absolute Gasteiger partial charge is 0.396 e. The van der Waals surface area contributed by atoms with Gasteiger partial charge < -0.3 is 20.1 Å². The number of unbranched alkanes of at least 4 members (excludes halogenated alkanes) is 11. The predicted molar refractivity (Wildman–Crippen MR) is 130 cm³/mol. The van der Waals surface area contributed by atoms with E-state index in [2.05, 4.69) is 23.8 Å². The molecule has 0 rings (SSSR count). The Morgan fingerprint density at radius 1 is 0.719 bits per heavy atom. The first-order valence-corrected chi connectivity index (χ1v) is 12.6. The smallest absolute Gasteiger partial charge is 0.313 e. The predicted octanol–water partition coefficient (Wildman–Crippen LogP) is 5.47. The number of ether oxygens (including phenoxy) is 1. The Balaban J connectivity index is 0. The molecule has 0 aliphatic heterocycles. The van der Waals surface area contributed by atoms with Crippen LogP contribution in [0.25, 0.3) is 0 Å². The normalized spacial score (nSPS) is 11.3. The van der Waals surface area contributed by atoms with Crippen molar-refractivity contribution in [3.05, 3.63) is 12.2 Å². The number of aliphatic hydroxyl groups excluding tert-OH is 3. The van der Waals surface area contributed by atoms with Gasteiger partial charge in [-0.15, -0.1) is 0 Å². The van der Waals surface area contributed by atoms with Crippen LogP contribution in [0, 0.1) is 5.41 Å². The molecule has 32 heavy (non-hydrogen) atoms. The van der Waals surface area contributed by atoms with Crippen LogP contribution in [-0.4, -0.2) is 47.1 Å². The molecule has 0 atom stereocenters. The Morgan fingerprint density at radius 2 is 1.16 bits per heavy atom. The molecule has 0 aromatic heterocycles. The van der Waals surface area contributed by atoms with E-state index in [1.165, 1.54) is 71.1 Å². The summed E-state index contributed by atoms with van der Waals surface area (Å²) in [5.74, 6) is -0.905. The van der Waals surface area contributed by atoms with E-state index in [0.29, 0.717) is 12.8 Å². The summed E-state index contributed by atoms with van der Waals surface area (Å²) in [7, 11) is 0. The molecule has 0 spiro atoms. The standard InChI is InChI=1S/C20H36O3.C6H14O3/c1-3-4-5-6-7-8-9-10-11-12-13-14-15-16-17-18-20(22)23-19(2)21;1-2-6(3-7,4-8)5-9/h10-11H,3-9,12-18H2,1-2H3;7-9H,2-5H2,1H3/b11-10-;. The molecule has 0 saturated heterocycles. The minimum atomic E-state index is -0.667. The summed E-state index contributed by atoms with van der Waals surface area (Å²) in [6.45, 7) is 4.87. The lowest BCUT2D eigenvalue weighted by molar-refractivity contribution is -0.158. The Labute approximate surface area is 196 Å². The van der Waals surface area contributed by atoms with Gasteiger partial charge in [-0.1, -0.05) is 77.4 Å². The van der Waals surface area contributed by atoms with Crippen molar-refractivity contribution in [3.63, 3.8) is 0 Å². The molecule has 0 unspecified atom stereocenters. The van der Waals surface area contributed by atoms with E-state index in [4.69, 9.17) is 15.3 Å². The van der Waals surface area contributed by atoms with Crippen molar-refractivity contribution in [1.82, 2.24) is 0 Å². The second-order valence-corrected chi connectivity index (χ2v) is 8.63. The van der Waals surface area contributed by atoms with Crippen molar-refractivity contribution in [2.75, 3.05) is 19.8 Å². The molecule has 0 aromatic carbocycles. The molecule has 0 amide bonds. The average molecular weight is 459 g/mol. The van der Waals surface area contributed by atoms with Gasteiger partial charge in [-0.05, 0) is 38.5 Å². The first-order valence-electron chi connectivity index (χ1n) is 12.6. The van der Waals surface area contributed by atoms with Gasteiger partial charge in [0, 0.05) is 18.8 Å². The van der Waals surface area contributed by atoms with Crippen LogP contribution in [0.2, 0.25) is 0 Å². The quantitative estimate of drug-likeness (QED) is 0.103. The van der Waals surface area contributed by atoms with Gasteiger partial charge in [0.1, 0.15) is 0 Å². The van der Waals surface area contributed by atoms with E-state index in [9.17, 15) is 9.59 Å². The molecule has 6 heteroatoms. The van der Waals surface area contributed by atoms with Crippen LogP contribution < -0.4 is 0 Å². The number of carbonyl (C=O) groups excluding carboxylic acids is 2. The minimum absolute atomic E-state index is 0.156. The van der Waals surface area contributed by atoms with Crippen molar-refractivity contribution < 1.29 is 29.6 Å². The maximum atomic E-state index is 11.1. The van der Waals surface area contributed by atoms with Crippen LogP contribution >= 0.6 is 0 Å². The number of allylic oxidation sites excluding steroid dienone is 2. The van der Waals surface area contributed by atoms with Crippen molar-refractivity contribution in [2.24, 2.45) is 5.41 Å². The third-order valence-electron chi connectivity index (χ3n) is 5.66. The highest BCUT2D eigenvalue weighted by Gasteiger charge is 2.24. The second-order valence-electron chi connectivity index (χ2n) is 8.63. The number of hydrogen-bond donors (Lipinski definition) is 3. The van der Waals surface area contributed by atoms with E-state index >= 15 is 0 Å². The average Bonchev–Trinajstić information content (AvgIpc) is 2.78. The van der Waals surface area contributed by atoms with Crippen LogP contribution in [0.15, 0.2) is 12.2 Å². The molecular formula is C26H50O6. The molecule has 0 bridgehead atoms. The van der Waals surface area contributed by atoms with Gasteiger partial charge in [0.15, 0.2) is 0 Å². The van der Waals surface area contributed by atoms with E-state index in [0.717, 1.165) is 19.3 Å². The molecule has 0 aliphatic rings. The first kappa shape index (κ1) is 32.9. The molecule has 6 nitrogen and oxygen atoms in total. The minimum Gasteiger partial charge on any atom is -0.396 e. The summed E-state index contributed by atoms with van der Waals surface area (Å²) in [6, 6.07) is 0. The summed E-state index contributed by atoms with van der Waals surface area (Å²) in [5, 5.41) is 26.0. The van der Waals surface area contributed by atoms with Gasteiger partial charge in [-0.2, -0.15) is 0 Å². The highest BCUT2D eigenvalue weighted by Crippen LogP contribution is 2.18. The lowest BCUT2D eigenvalue weighted by Crippen LogP contribution is -2.32. The fraction of sp³-hybridized carbons (Fsp3) is 0.846. The third kappa shape index (κ3) is 22.0. The molecule has 0 heterocycles. The lowest BCUT2D eigenvalue weighted by Gasteiger charge is -2.24. The summed E-state index contributed by atoms with van der Waals surface area (Å²) in [5.41, 5.74) is -0.667. The zero-order chi connectivity index (χ0) is 24.5. The zero-order valence-electron chi connectivity index (χ0n) is 20.9. The number of hydrogen-bond acceptors (Lipinski definition) is 6. The summed E-state index contributed by atoms with van der Waals surface area (Å²) >= 11 is 0. The van der Waals surface area contributed by atoms with Gasteiger partial charge in [0.2, 0.25) is 0 Å². The maximum Gasteiger partial charge on any atom is 0.313 e. The lowest BCUT2D eigenvalue weighted by atomic mass is 9.88. The molecule has 190 valence electrons. The SMILES string of the molecule is CCC(CO)(CO)CO.CCCCCCCC/C=C\CCCCCCCC(=O)OC(C)=O. The topological polar surface area (TPSA) is 104 Å².